The lowest BCUT2D eigenvalue weighted by molar-refractivity contribution is 0.206. The third-order valence-electron chi connectivity index (χ3n) is 5.02. The number of aromatic nitrogens is 4. The maximum atomic E-state index is 14.8. The van der Waals surface area contributed by atoms with Crippen LogP contribution in [0.25, 0.3) is 22.3 Å². The molecule has 2 unspecified atom stereocenters. The largest absolute Gasteiger partial charge is 0.324 e. The molecule has 26 heavy (non-hydrogen) atoms. The SMILES string of the molecule is CC1Cc2nc3c(F)cc(-c4nc(Cl)ncc4F)cc3n2C1C(C)(C)C. The normalized spacial score (nSPS) is 20.0. The van der Waals surface area contributed by atoms with E-state index in [1.807, 2.05) is 0 Å². The summed E-state index contributed by atoms with van der Waals surface area (Å²) in [6.45, 7) is 8.68. The first kappa shape index (κ1) is 17.3. The molecule has 0 saturated carbocycles. The van der Waals surface area contributed by atoms with Gasteiger partial charge in [0.1, 0.15) is 17.0 Å². The number of fused-ring (bicyclic) bond motifs is 3. The van der Waals surface area contributed by atoms with E-state index in [9.17, 15) is 8.78 Å². The van der Waals surface area contributed by atoms with Crippen molar-refractivity contribution in [1.82, 2.24) is 19.5 Å². The minimum atomic E-state index is -0.643. The zero-order valence-corrected chi connectivity index (χ0v) is 15.8. The minimum Gasteiger partial charge on any atom is -0.324 e. The third-order valence-corrected chi connectivity index (χ3v) is 5.20. The van der Waals surface area contributed by atoms with Crippen LogP contribution in [0.15, 0.2) is 18.3 Å². The van der Waals surface area contributed by atoms with Gasteiger partial charge in [-0.15, -0.1) is 0 Å². The van der Waals surface area contributed by atoms with Gasteiger partial charge in [0.25, 0.3) is 0 Å². The Hall–Kier alpha value is -2.08. The molecule has 7 heteroatoms. The molecule has 1 aromatic carbocycles. The van der Waals surface area contributed by atoms with Crippen molar-refractivity contribution in [2.45, 2.75) is 40.2 Å². The first-order valence-corrected chi connectivity index (χ1v) is 8.93. The van der Waals surface area contributed by atoms with Crippen LogP contribution in [-0.2, 0) is 6.42 Å². The number of nitrogens with zero attached hydrogens (tertiary/aromatic N) is 4. The van der Waals surface area contributed by atoms with Gasteiger partial charge in [0.05, 0.1) is 11.7 Å². The molecule has 2 aromatic heterocycles. The lowest BCUT2D eigenvalue weighted by atomic mass is 9.80. The van der Waals surface area contributed by atoms with E-state index in [-0.39, 0.29) is 22.4 Å². The molecule has 0 fully saturated rings. The van der Waals surface area contributed by atoms with Gasteiger partial charge in [-0.05, 0) is 35.1 Å². The van der Waals surface area contributed by atoms with Crippen molar-refractivity contribution in [2.75, 3.05) is 0 Å². The van der Waals surface area contributed by atoms with Crippen LogP contribution >= 0.6 is 11.6 Å². The van der Waals surface area contributed by atoms with E-state index in [1.54, 1.807) is 6.07 Å². The van der Waals surface area contributed by atoms with Crippen molar-refractivity contribution in [3.05, 3.63) is 41.1 Å². The second-order valence-corrected chi connectivity index (χ2v) is 8.39. The Morgan fingerprint density at radius 3 is 2.58 bits per heavy atom. The van der Waals surface area contributed by atoms with Crippen molar-refractivity contribution in [3.63, 3.8) is 0 Å². The maximum Gasteiger partial charge on any atom is 0.223 e. The van der Waals surface area contributed by atoms with Gasteiger partial charge in [0.2, 0.25) is 5.28 Å². The van der Waals surface area contributed by atoms with Crippen LogP contribution in [0.2, 0.25) is 5.28 Å². The van der Waals surface area contributed by atoms with E-state index in [2.05, 4.69) is 47.2 Å². The van der Waals surface area contributed by atoms with E-state index < -0.39 is 11.6 Å². The van der Waals surface area contributed by atoms with Gasteiger partial charge in [-0.2, -0.15) is 0 Å². The van der Waals surface area contributed by atoms with Crippen LogP contribution in [0.3, 0.4) is 0 Å². The van der Waals surface area contributed by atoms with Crippen molar-refractivity contribution in [1.29, 1.82) is 0 Å². The number of rotatable bonds is 1. The summed E-state index contributed by atoms with van der Waals surface area (Å²) in [5.41, 5.74) is 1.26. The van der Waals surface area contributed by atoms with Crippen molar-refractivity contribution >= 4 is 22.6 Å². The van der Waals surface area contributed by atoms with E-state index >= 15 is 0 Å². The van der Waals surface area contributed by atoms with Crippen molar-refractivity contribution in [3.8, 4) is 11.3 Å². The summed E-state index contributed by atoms with van der Waals surface area (Å²) in [6, 6.07) is 3.17. The highest BCUT2D eigenvalue weighted by atomic mass is 35.5. The van der Waals surface area contributed by atoms with Crippen molar-refractivity contribution in [2.24, 2.45) is 11.3 Å². The minimum absolute atomic E-state index is 0.0142. The second kappa shape index (κ2) is 5.71. The van der Waals surface area contributed by atoms with Gasteiger partial charge in [0.15, 0.2) is 11.6 Å². The summed E-state index contributed by atoms with van der Waals surface area (Å²) in [7, 11) is 0. The molecule has 0 aliphatic carbocycles. The highest BCUT2D eigenvalue weighted by Gasteiger charge is 2.39. The van der Waals surface area contributed by atoms with Gasteiger partial charge in [-0.3, -0.25) is 0 Å². The van der Waals surface area contributed by atoms with Gasteiger partial charge in [-0.25, -0.2) is 23.7 Å². The van der Waals surface area contributed by atoms with E-state index in [0.717, 1.165) is 18.4 Å². The number of benzene rings is 1. The van der Waals surface area contributed by atoms with Gasteiger partial charge in [-0.1, -0.05) is 27.7 Å². The first-order valence-electron chi connectivity index (χ1n) is 8.55. The second-order valence-electron chi connectivity index (χ2n) is 8.05. The average Bonchev–Trinajstić information content (AvgIpc) is 3.04. The Bertz CT molecular complexity index is 1020. The Labute approximate surface area is 155 Å². The van der Waals surface area contributed by atoms with Gasteiger partial charge in [0, 0.05) is 18.0 Å². The predicted octanol–water partition coefficient (Wildman–Crippen LogP) is 5.20. The fourth-order valence-corrected chi connectivity index (χ4v) is 4.37. The van der Waals surface area contributed by atoms with Crippen molar-refractivity contribution < 1.29 is 8.78 Å². The smallest absolute Gasteiger partial charge is 0.223 e. The number of imidazole rings is 1. The molecule has 3 aromatic rings. The summed E-state index contributed by atoms with van der Waals surface area (Å²) in [4.78, 5) is 12.1. The highest BCUT2D eigenvalue weighted by molar-refractivity contribution is 6.28. The molecular formula is C19H19ClF2N4. The quantitative estimate of drug-likeness (QED) is 0.548. The average molecular weight is 377 g/mol. The van der Waals surface area contributed by atoms with Crippen LogP contribution < -0.4 is 0 Å². The zero-order chi connectivity index (χ0) is 18.8. The molecule has 2 atom stereocenters. The van der Waals surface area contributed by atoms with Crippen LogP contribution in [0, 0.1) is 23.0 Å². The molecule has 0 spiro atoms. The molecule has 4 rings (SSSR count). The fraction of sp³-hybridized carbons (Fsp3) is 0.421. The summed E-state index contributed by atoms with van der Waals surface area (Å²) in [5.74, 6) is 0.118. The molecule has 0 saturated heterocycles. The summed E-state index contributed by atoms with van der Waals surface area (Å²) >= 11 is 5.80. The van der Waals surface area contributed by atoms with E-state index in [1.165, 1.54) is 6.07 Å². The maximum absolute atomic E-state index is 14.8. The topological polar surface area (TPSA) is 43.6 Å². The number of halogens is 3. The molecule has 136 valence electrons. The van der Waals surface area contributed by atoms with Gasteiger partial charge >= 0.3 is 0 Å². The van der Waals surface area contributed by atoms with E-state index in [4.69, 9.17) is 11.6 Å². The number of hydrogen-bond donors (Lipinski definition) is 0. The first-order chi connectivity index (χ1) is 12.2. The molecule has 4 nitrogen and oxygen atoms in total. The van der Waals surface area contributed by atoms with E-state index in [0.29, 0.717) is 22.5 Å². The predicted molar refractivity (Wildman–Crippen MR) is 97.0 cm³/mol. The Morgan fingerprint density at radius 1 is 1.15 bits per heavy atom. The highest BCUT2D eigenvalue weighted by Crippen LogP contribution is 2.46. The lowest BCUT2D eigenvalue weighted by Gasteiger charge is -2.32. The Morgan fingerprint density at radius 2 is 1.88 bits per heavy atom. The molecule has 1 aliphatic rings. The lowest BCUT2D eigenvalue weighted by Crippen LogP contribution is -2.25. The third kappa shape index (κ3) is 2.58. The summed E-state index contributed by atoms with van der Waals surface area (Å²) in [5, 5.41) is -0.0818. The van der Waals surface area contributed by atoms with Crippen LogP contribution in [0.1, 0.15) is 39.6 Å². The molecule has 0 bridgehead atoms. The summed E-state index contributed by atoms with van der Waals surface area (Å²) < 4.78 is 31.1. The molecule has 1 aliphatic heterocycles. The summed E-state index contributed by atoms with van der Waals surface area (Å²) in [6.07, 6.45) is 1.78. The van der Waals surface area contributed by atoms with Gasteiger partial charge < -0.3 is 4.57 Å². The Balaban J connectivity index is 1.98. The zero-order valence-electron chi connectivity index (χ0n) is 15.0. The molecule has 0 amide bonds. The molecule has 0 N–H and O–H groups in total. The molecular weight excluding hydrogens is 358 g/mol. The van der Waals surface area contributed by atoms with Crippen LogP contribution in [0.5, 0.6) is 0 Å². The Kier molecular flexibility index (Phi) is 3.81. The number of hydrogen-bond acceptors (Lipinski definition) is 3. The standard InChI is InChI=1S/C19H19ClF2N4/c1-9-5-14-24-16-11(21)6-10(15-12(22)8-23-18(20)25-15)7-13(16)26(14)17(9)19(2,3)4/h6-9,17H,5H2,1-4H3. The van der Waals surface area contributed by atoms with Crippen LogP contribution in [0.4, 0.5) is 8.78 Å². The molecule has 3 heterocycles. The monoisotopic (exact) mass is 376 g/mol. The van der Waals surface area contributed by atoms with Crippen LogP contribution in [-0.4, -0.2) is 19.5 Å². The molecule has 0 radical (unpaired) electrons. The fourth-order valence-electron chi connectivity index (χ4n) is 4.23.